The van der Waals surface area contributed by atoms with E-state index in [0.29, 0.717) is 19.3 Å². The highest BCUT2D eigenvalue weighted by Crippen LogP contribution is 2.38. The summed E-state index contributed by atoms with van der Waals surface area (Å²) in [4.78, 5) is 0. The number of hydrogen-bond donors (Lipinski definition) is 1. The molecule has 0 aromatic heterocycles. The summed E-state index contributed by atoms with van der Waals surface area (Å²) in [7, 11) is 0. The first-order valence-electron chi connectivity index (χ1n) is 5.56. The highest BCUT2D eigenvalue weighted by molar-refractivity contribution is 9.10. The Balaban J connectivity index is 2.25. The van der Waals surface area contributed by atoms with Crippen molar-refractivity contribution < 1.29 is 9.47 Å². The number of rotatable bonds is 3. The highest BCUT2D eigenvalue weighted by Gasteiger charge is 2.15. The van der Waals surface area contributed by atoms with Crippen LogP contribution in [0.2, 0.25) is 0 Å². The second-order valence-corrected chi connectivity index (χ2v) is 4.78. The second kappa shape index (κ2) is 4.95. The van der Waals surface area contributed by atoms with Crippen molar-refractivity contribution >= 4 is 21.6 Å². The van der Waals surface area contributed by atoms with Crippen LogP contribution < -0.4 is 14.8 Å². The van der Waals surface area contributed by atoms with E-state index in [1.54, 1.807) is 0 Å². The zero-order valence-electron chi connectivity index (χ0n) is 9.55. The molecular formula is C12H16BrNO2. The molecule has 16 heavy (non-hydrogen) atoms. The van der Waals surface area contributed by atoms with Crippen molar-refractivity contribution in [2.24, 2.45) is 0 Å². The molecule has 1 atom stereocenters. The summed E-state index contributed by atoms with van der Waals surface area (Å²) in [5.74, 6) is 1.63. The molecule has 0 radical (unpaired) electrons. The van der Waals surface area contributed by atoms with Crippen LogP contribution in [0.4, 0.5) is 5.69 Å². The fourth-order valence-corrected chi connectivity index (χ4v) is 1.98. The fourth-order valence-electron chi connectivity index (χ4n) is 1.54. The molecule has 3 nitrogen and oxygen atoms in total. The minimum Gasteiger partial charge on any atom is -0.486 e. The van der Waals surface area contributed by atoms with Crippen molar-refractivity contribution in [3.8, 4) is 11.5 Å². The molecule has 1 aliphatic heterocycles. The lowest BCUT2D eigenvalue weighted by atomic mass is 10.2. The fraction of sp³-hybridized carbons (Fsp3) is 0.500. The zero-order chi connectivity index (χ0) is 11.5. The van der Waals surface area contributed by atoms with E-state index >= 15 is 0 Å². The molecule has 1 heterocycles. The Morgan fingerprint density at radius 1 is 1.31 bits per heavy atom. The lowest BCUT2D eigenvalue weighted by molar-refractivity contribution is 0.171. The molecule has 1 aliphatic rings. The van der Waals surface area contributed by atoms with Crippen LogP contribution in [0.5, 0.6) is 11.5 Å². The smallest absolute Gasteiger partial charge is 0.163 e. The summed E-state index contributed by atoms with van der Waals surface area (Å²) in [5, 5.41) is 3.43. The molecule has 0 saturated carbocycles. The Kier molecular flexibility index (Phi) is 3.59. The minimum atomic E-state index is 0.443. The third-order valence-corrected chi connectivity index (χ3v) is 3.30. The predicted molar refractivity (Wildman–Crippen MR) is 68.5 cm³/mol. The van der Waals surface area contributed by atoms with Gasteiger partial charge in [-0.05, 0) is 29.3 Å². The lowest BCUT2D eigenvalue weighted by Gasteiger charge is -2.21. The maximum Gasteiger partial charge on any atom is 0.163 e. The van der Waals surface area contributed by atoms with Gasteiger partial charge in [-0.3, -0.25) is 0 Å². The predicted octanol–water partition coefficient (Wildman–Crippen LogP) is 3.43. The number of nitrogens with one attached hydrogen (secondary N) is 1. The van der Waals surface area contributed by atoms with Crippen LogP contribution in [0.25, 0.3) is 0 Å². The SMILES string of the molecule is CCC(C)Nc1cc2c(cc1Br)OCCO2. The first-order chi connectivity index (χ1) is 7.70. The van der Waals surface area contributed by atoms with Gasteiger partial charge in [0.05, 0.1) is 5.69 Å². The highest BCUT2D eigenvalue weighted by atomic mass is 79.9. The van der Waals surface area contributed by atoms with E-state index in [0.717, 1.165) is 28.1 Å². The molecule has 1 aromatic rings. The Hall–Kier alpha value is -0.900. The first-order valence-corrected chi connectivity index (χ1v) is 6.35. The quantitative estimate of drug-likeness (QED) is 0.923. The first kappa shape index (κ1) is 11.6. The van der Waals surface area contributed by atoms with Gasteiger partial charge in [0.1, 0.15) is 13.2 Å². The average molecular weight is 286 g/mol. The maximum atomic E-state index is 5.55. The largest absolute Gasteiger partial charge is 0.486 e. The van der Waals surface area contributed by atoms with E-state index in [2.05, 4.69) is 35.1 Å². The van der Waals surface area contributed by atoms with Crippen LogP contribution in [-0.2, 0) is 0 Å². The van der Waals surface area contributed by atoms with Crippen LogP contribution in [0.3, 0.4) is 0 Å². The normalized spacial score (nSPS) is 15.7. The molecule has 0 bridgehead atoms. The van der Waals surface area contributed by atoms with Gasteiger partial charge < -0.3 is 14.8 Å². The molecule has 0 aliphatic carbocycles. The van der Waals surface area contributed by atoms with Crippen molar-refractivity contribution in [1.82, 2.24) is 0 Å². The molecular weight excluding hydrogens is 270 g/mol. The number of anilines is 1. The molecule has 88 valence electrons. The number of fused-ring (bicyclic) bond motifs is 1. The summed E-state index contributed by atoms with van der Waals surface area (Å²) < 4.78 is 12.1. The number of ether oxygens (including phenoxy) is 2. The monoisotopic (exact) mass is 285 g/mol. The Morgan fingerprint density at radius 2 is 1.94 bits per heavy atom. The molecule has 0 spiro atoms. The van der Waals surface area contributed by atoms with E-state index in [1.165, 1.54) is 0 Å². The van der Waals surface area contributed by atoms with Crippen molar-refractivity contribution in [3.05, 3.63) is 16.6 Å². The van der Waals surface area contributed by atoms with Crippen LogP contribution in [-0.4, -0.2) is 19.3 Å². The van der Waals surface area contributed by atoms with Gasteiger partial charge in [0.25, 0.3) is 0 Å². The van der Waals surface area contributed by atoms with Crippen LogP contribution >= 0.6 is 15.9 Å². The number of halogens is 1. The summed E-state index contributed by atoms with van der Waals surface area (Å²) >= 11 is 3.54. The second-order valence-electron chi connectivity index (χ2n) is 3.93. The Morgan fingerprint density at radius 3 is 2.56 bits per heavy atom. The third kappa shape index (κ3) is 2.43. The standard InChI is InChI=1S/C12H16BrNO2/c1-3-8(2)14-10-7-12-11(6-9(10)13)15-4-5-16-12/h6-8,14H,3-5H2,1-2H3. The van der Waals surface area contributed by atoms with Crippen molar-refractivity contribution in [2.75, 3.05) is 18.5 Å². The lowest BCUT2D eigenvalue weighted by Crippen LogP contribution is -2.17. The Bertz CT molecular complexity index is 382. The van der Waals surface area contributed by atoms with Crippen molar-refractivity contribution in [3.63, 3.8) is 0 Å². The van der Waals surface area contributed by atoms with Gasteiger partial charge in [0.15, 0.2) is 11.5 Å². The van der Waals surface area contributed by atoms with Gasteiger partial charge in [0.2, 0.25) is 0 Å². The van der Waals surface area contributed by atoms with Gasteiger partial charge in [-0.15, -0.1) is 0 Å². The van der Waals surface area contributed by atoms with E-state index in [1.807, 2.05) is 12.1 Å². The van der Waals surface area contributed by atoms with Crippen LogP contribution in [0, 0.1) is 0 Å². The van der Waals surface area contributed by atoms with Gasteiger partial charge in [-0.2, -0.15) is 0 Å². The van der Waals surface area contributed by atoms with Gasteiger partial charge in [-0.25, -0.2) is 0 Å². The minimum absolute atomic E-state index is 0.443. The topological polar surface area (TPSA) is 30.5 Å². The summed E-state index contributed by atoms with van der Waals surface area (Å²) in [6, 6.07) is 4.39. The van der Waals surface area contributed by atoms with Gasteiger partial charge in [-0.1, -0.05) is 6.92 Å². The third-order valence-electron chi connectivity index (χ3n) is 2.65. The molecule has 0 saturated heterocycles. The van der Waals surface area contributed by atoms with E-state index in [9.17, 15) is 0 Å². The van der Waals surface area contributed by atoms with Gasteiger partial charge >= 0.3 is 0 Å². The molecule has 4 heteroatoms. The van der Waals surface area contributed by atoms with E-state index in [-0.39, 0.29) is 0 Å². The summed E-state index contributed by atoms with van der Waals surface area (Å²) in [6.07, 6.45) is 1.08. The van der Waals surface area contributed by atoms with Gasteiger partial charge in [0, 0.05) is 22.6 Å². The zero-order valence-corrected chi connectivity index (χ0v) is 11.1. The molecule has 1 N–H and O–H groups in total. The van der Waals surface area contributed by atoms with E-state index in [4.69, 9.17) is 9.47 Å². The van der Waals surface area contributed by atoms with Crippen LogP contribution in [0.1, 0.15) is 20.3 Å². The number of hydrogen-bond acceptors (Lipinski definition) is 3. The Labute approximate surface area is 104 Å². The molecule has 0 amide bonds. The van der Waals surface area contributed by atoms with Crippen LogP contribution in [0.15, 0.2) is 16.6 Å². The molecule has 0 fully saturated rings. The van der Waals surface area contributed by atoms with Crippen molar-refractivity contribution in [2.45, 2.75) is 26.3 Å². The molecule has 1 unspecified atom stereocenters. The average Bonchev–Trinajstić information content (AvgIpc) is 2.30. The van der Waals surface area contributed by atoms with E-state index < -0.39 is 0 Å². The maximum absolute atomic E-state index is 5.55. The summed E-state index contributed by atoms with van der Waals surface area (Å²) in [5.41, 5.74) is 1.05. The van der Waals surface area contributed by atoms with Crippen molar-refractivity contribution in [1.29, 1.82) is 0 Å². The number of benzene rings is 1. The molecule has 1 aromatic carbocycles. The molecule has 2 rings (SSSR count). The summed E-state index contributed by atoms with van der Waals surface area (Å²) in [6.45, 7) is 5.56.